The van der Waals surface area contributed by atoms with Gasteiger partial charge in [0.15, 0.2) is 0 Å². The van der Waals surface area contributed by atoms with Gasteiger partial charge in [0.2, 0.25) is 11.9 Å². The molecule has 28 heavy (non-hydrogen) atoms. The number of anilines is 1. The molecule has 7 nitrogen and oxygen atoms in total. The fraction of sp³-hybridized carbons (Fsp3) is 0.333. The van der Waals surface area contributed by atoms with Crippen LogP contribution in [0.25, 0.3) is 11.0 Å². The lowest BCUT2D eigenvalue weighted by molar-refractivity contribution is 0.221. The second-order valence-corrected chi connectivity index (χ2v) is 7.47. The molecule has 0 saturated heterocycles. The molecule has 1 aromatic heterocycles. The zero-order valence-corrected chi connectivity index (χ0v) is 16.3. The van der Waals surface area contributed by atoms with E-state index in [-0.39, 0.29) is 6.17 Å². The minimum atomic E-state index is -0.0751. The Bertz CT molecular complexity index is 1040. The van der Waals surface area contributed by atoms with E-state index in [1.165, 1.54) is 0 Å². The molecule has 0 radical (unpaired) electrons. The molecule has 0 aliphatic carbocycles. The van der Waals surface area contributed by atoms with Crippen LogP contribution in [0.5, 0.6) is 5.75 Å². The summed E-state index contributed by atoms with van der Waals surface area (Å²) in [5.41, 5.74) is 3.23. The average Bonchev–Trinajstić information content (AvgIpc) is 3.13. The molecule has 1 N–H and O–H groups in total. The van der Waals surface area contributed by atoms with Crippen molar-refractivity contribution in [1.82, 2.24) is 19.8 Å². The molecule has 0 spiro atoms. The number of imidazole rings is 1. The summed E-state index contributed by atoms with van der Waals surface area (Å²) >= 11 is 0. The van der Waals surface area contributed by atoms with E-state index in [1.807, 2.05) is 18.2 Å². The summed E-state index contributed by atoms with van der Waals surface area (Å²) in [5, 5.41) is 3.63. The fourth-order valence-corrected chi connectivity index (χ4v) is 3.83. The molecule has 2 aromatic carbocycles. The Balaban J connectivity index is 1.66. The van der Waals surface area contributed by atoms with Gasteiger partial charge < -0.3 is 10.1 Å². The molecule has 0 bridgehead atoms. The van der Waals surface area contributed by atoms with Gasteiger partial charge in [-0.15, -0.1) is 0 Å². The number of nitrogens with zero attached hydrogens (tertiary/aromatic N) is 5. The maximum atomic E-state index is 5.32. The Morgan fingerprint density at radius 3 is 2.64 bits per heavy atom. The first-order valence-electron chi connectivity index (χ1n) is 9.59. The largest absolute Gasteiger partial charge is 0.497 e. The highest BCUT2D eigenvalue weighted by Crippen LogP contribution is 2.34. The molecule has 0 fully saturated rings. The van der Waals surface area contributed by atoms with Gasteiger partial charge in [-0.25, -0.2) is 9.98 Å². The highest BCUT2D eigenvalue weighted by Gasteiger charge is 2.36. The maximum Gasteiger partial charge on any atom is 0.216 e. The van der Waals surface area contributed by atoms with Crippen LogP contribution in [0, 0.1) is 0 Å². The van der Waals surface area contributed by atoms with Crippen molar-refractivity contribution < 1.29 is 4.74 Å². The van der Waals surface area contributed by atoms with E-state index in [0.717, 1.165) is 40.9 Å². The predicted molar refractivity (Wildman–Crippen MR) is 111 cm³/mol. The second-order valence-electron chi connectivity index (χ2n) is 7.47. The zero-order valence-electron chi connectivity index (χ0n) is 16.3. The van der Waals surface area contributed by atoms with Crippen LogP contribution in [-0.2, 0) is 0 Å². The van der Waals surface area contributed by atoms with Gasteiger partial charge in [-0.3, -0.25) is 14.4 Å². The van der Waals surface area contributed by atoms with E-state index >= 15 is 0 Å². The number of hydrogen-bond acceptors (Lipinski definition) is 6. The summed E-state index contributed by atoms with van der Waals surface area (Å²) < 4.78 is 7.59. The number of fused-ring (bicyclic) bond motifs is 5. The third-order valence-electron chi connectivity index (χ3n) is 5.49. The molecule has 3 aromatic rings. The van der Waals surface area contributed by atoms with E-state index in [1.54, 1.807) is 7.11 Å². The molecule has 3 heterocycles. The topological polar surface area (TPSA) is 57.9 Å². The zero-order chi connectivity index (χ0) is 19.3. The molecule has 0 saturated carbocycles. The van der Waals surface area contributed by atoms with Crippen molar-refractivity contribution in [3.8, 4) is 5.75 Å². The minimum Gasteiger partial charge on any atom is -0.497 e. The number of aromatic nitrogens is 2. The quantitative estimate of drug-likeness (QED) is 0.762. The van der Waals surface area contributed by atoms with Crippen molar-refractivity contribution in [2.75, 3.05) is 25.3 Å². The number of para-hydroxylation sites is 2. The summed E-state index contributed by atoms with van der Waals surface area (Å²) in [6.07, 6.45) is -0.0751. The number of ether oxygens (including phenoxy) is 1. The first-order valence-corrected chi connectivity index (χ1v) is 9.59. The molecule has 0 amide bonds. The first kappa shape index (κ1) is 17.1. The van der Waals surface area contributed by atoms with E-state index < -0.39 is 0 Å². The van der Waals surface area contributed by atoms with Crippen molar-refractivity contribution in [3.05, 3.63) is 54.1 Å². The van der Waals surface area contributed by atoms with E-state index in [2.05, 4.69) is 63.9 Å². The lowest BCUT2D eigenvalue weighted by atomic mass is 10.1. The summed E-state index contributed by atoms with van der Waals surface area (Å²) in [6, 6.07) is 16.9. The number of methoxy groups -OCH3 is 1. The van der Waals surface area contributed by atoms with E-state index in [0.29, 0.717) is 12.7 Å². The van der Waals surface area contributed by atoms with Crippen molar-refractivity contribution >= 4 is 22.9 Å². The molecule has 7 heteroatoms. The molecule has 2 aliphatic heterocycles. The number of guanidine groups is 1. The van der Waals surface area contributed by atoms with E-state index in [9.17, 15) is 0 Å². The molecular formula is C21H24N6O. The fourth-order valence-electron chi connectivity index (χ4n) is 3.83. The maximum absolute atomic E-state index is 5.32. The number of hydrogen-bond donors (Lipinski definition) is 1. The third kappa shape index (κ3) is 2.62. The SMILES string of the molecule is COc1ccc([C@H]2NC3=NCN(C(C)C)CN3c3nc4ccccc4n32)cc1. The summed E-state index contributed by atoms with van der Waals surface area (Å²) in [4.78, 5) is 14.3. The summed E-state index contributed by atoms with van der Waals surface area (Å²) in [5.74, 6) is 2.64. The Morgan fingerprint density at radius 2 is 1.89 bits per heavy atom. The van der Waals surface area contributed by atoms with Crippen molar-refractivity contribution in [2.45, 2.75) is 26.1 Å². The standard InChI is InChI=1S/C21H24N6O/c1-14(2)25-12-22-20-24-19(15-8-10-16(28-3)11-9-15)27-18-7-5-4-6-17(18)23-21(27)26(20)13-25/h4-11,14,19H,12-13H2,1-3H3,(H,22,24)/t19-/m0/s1. The van der Waals surface area contributed by atoms with Crippen LogP contribution in [0.1, 0.15) is 25.6 Å². The predicted octanol–water partition coefficient (Wildman–Crippen LogP) is 3.00. The minimum absolute atomic E-state index is 0.0751. The van der Waals surface area contributed by atoms with Gasteiger partial charge in [0, 0.05) is 6.04 Å². The lowest BCUT2D eigenvalue weighted by Gasteiger charge is -2.42. The second kappa shape index (κ2) is 6.53. The number of rotatable bonds is 3. The Labute approximate surface area is 164 Å². The van der Waals surface area contributed by atoms with Crippen LogP contribution in [0.15, 0.2) is 53.5 Å². The number of benzene rings is 2. The Kier molecular flexibility index (Phi) is 3.98. The average molecular weight is 376 g/mol. The monoisotopic (exact) mass is 376 g/mol. The van der Waals surface area contributed by atoms with Gasteiger partial charge in [-0.05, 0) is 43.7 Å². The highest BCUT2D eigenvalue weighted by atomic mass is 16.5. The van der Waals surface area contributed by atoms with Crippen LogP contribution in [-0.4, -0.2) is 46.9 Å². The van der Waals surface area contributed by atoms with Crippen LogP contribution < -0.4 is 15.0 Å². The van der Waals surface area contributed by atoms with E-state index in [4.69, 9.17) is 14.7 Å². The highest BCUT2D eigenvalue weighted by molar-refractivity contribution is 5.98. The van der Waals surface area contributed by atoms with Crippen LogP contribution >= 0.6 is 0 Å². The van der Waals surface area contributed by atoms with Gasteiger partial charge in [0.1, 0.15) is 11.9 Å². The normalized spacial score (nSPS) is 19.2. The number of aliphatic imine (C=N–C) groups is 1. The molecule has 5 rings (SSSR count). The van der Waals surface area contributed by atoms with Gasteiger partial charge in [-0.2, -0.15) is 0 Å². The van der Waals surface area contributed by atoms with Gasteiger partial charge >= 0.3 is 0 Å². The smallest absolute Gasteiger partial charge is 0.216 e. The summed E-state index contributed by atoms with van der Waals surface area (Å²) in [7, 11) is 1.68. The molecule has 2 aliphatic rings. The van der Waals surface area contributed by atoms with Crippen molar-refractivity contribution in [3.63, 3.8) is 0 Å². The van der Waals surface area contributed by atoms with Crippen LogP contribution in [0.3, 0.4) is 0 Å². The molecule has 0 unspecified atom stereocenters. The molecule has 1 atom stereocenters. The third-order valence-corrected chi connectivity index (χ3v) is 5.49. The van der Waals surface area contributed by atoms with Crippen LogP contribution in [0.2, 0.25) is 0 Å². The molecular weight excluding hydrogens is 352 g/mol. The first-order chi connectivity index (χ1) is 13.7. The van der Waals surface area contributed by atoms with Crippen LogP contribution in [0.4, 0.5) is 5.95 Å². The Hall–Kier alpha value is -3.06. The van der Waals surface area contributed by atoms with Gasteiger partial charge in [0.25, 0.3) is 0 Å². The molecule has 144 valence electrons. The lowest BCUT2D eigenvalue weighted by Crippen LogP contribution is -2.58. The van der Waals surface area contributed by atoms with Crippen molar-refractivity contribution in [1.29, 1.82) is 0 Å². The van der Waals surface area contributed by atoms with Gasteiger partial charge in [-0.1, -0.05) is 24.3 Å². The van der Waals surface area contributed by atoms with Crippen molar-refractivity contribution in [2.24, 2.45) is 4.99 Å². The summed E-state index contributed by atoms with van der Waals surface area (Å²) in [6.45, 7) is 5.84. The van der Waals surface area contributed by atoms with Gasteiger partial charge in [0.05, 0.1) is 31.5 Å². The number of nitrogens with one attached hydrogen (secondary N) is 1. The Morgan fingerprint density at radius 1 is 1.11 bits per heavy atom.